The Kier molecular flexibility index (Phi) is 3.11. The van der Waals surface area contributed by atoms with Crippen LogP contribution in [0.25, 0.3) is 22.2 Å². The second kappa shape index (κ2) is 4.93. The Bertz CT molecular complexity index is 749. The number of hydrogen-bond donors (Lipinski definition) is 0. The number of anilines is 1. The van der Waals surface area contributed by atoms with Crippen molar-refractivity contribution in [3.05, 3.63) is 60.4 Å². The van der Waals surface area contributed by atoms with E-state index in [1.165, 1.54) is 12.1 Å². The molecule has 100 valence electrons. The summed E-state index contributed by atoms with van der Waals surface area (Å²) in [7, 11) is 4.03. The Morgan fingerprint density at radius 3 is 2.35 bits per heavy atom. The first-order chi connectivity index (χ1) is 9.65. The molecule has 3 heteroatoms. The third-order valence-electron chi connectivity index (χ3n) is 3.33. The van der Waals surface area contributed by atoms with E-state index >= 15 is 0 Å². The standard InChI is InChI=1S/C17H15FN2/c1-20(2)17-5-3-4-16-14(17)10-11-15(19-16)12-6-8-13(18)9-7-12/h3-11H,1-2H3. The zero-order valence-corrected chi connectivity index (χ0v) is 11.5. The van der Waals surface area contributed by atoms with E-state index in [2.05, 4.69) is 22.0 Å². The molecule has 3 rings (SSSR count). The summed E-state index contributed by atoms with van der Waals surface area (Å²) in [6, 6.07) is 16.5. The van der Waals surface area contributed by atoms with Crippen LogP contribution in [0.15, 0.2) is 54.6 Å². The van der Waals surface area contributed by atoms with Crippen molar-refractivity contribution in [1.29, 1.82) is 0 Å². The van der Waals surface area contributed by atoms with Crippen LogP contribution in [-0.2, 0) is 0 Å². The van der Waals surface area contributed by atoms with Gasteiger partial charge in [-0.1, -0.05) is 6.07 Å². The summed E-state index contributed by atoms with van der Waals surface area (Å²) in [5.41, 5.74) is 3.86. The Hall–Kier alpha value is -2.42. The van der Waals surface area contributed by atoms with Crippen molar-refractivity contribution >= 4 is 16.6 Å². The summed E-state index contributed by atoms with van der Waals surface area (Å²) in [6.45, 7) is 0. The lowest BCUT2D eigenvalue weighted by molar-refractivity contribution is 0.628. The van der Waals surface area contributed by atoms with E-state index in [4.69, 9.17) is 0 Å². The van der Waals surface area contributed by atoms with Crippen LogP contribution in [0, 0.1) is 5.82 Å². The van der Waals surface area contributed by atoms with Gasteiger partial charge in [0.2, 0.25) is 0 Å². The third-order valence-corrected chi connectivity index (χ3v) is 3.33. The molecule has 0 N–H and O–H groups in total. The fourth-order valence-electron chi connectivity index (χ4n) is 2.31. The first kappa shape index (κ1) is 12.6. The van der Waals surface area contributed by atoms with Crippen LogP contribution in [0.4, 0.5) is 10.1 Å². The van der Waals surface area contributed by atoms with Gasteiger partial charge in [-0.15, -0.1) is 0 Å². The van der Waals surface area contributed by atoms with Crippen LogP contribution in [0.2, 0.25) is 0 Å². The molecule has 1 heterocycles. The smallest absolute Gasteiger partial charge is 0.123 e. The molecular weight excluding hydrogens is 251 g/mol. The van der Waals surface area contributed by atoms with Crippen molar-refractivity contribution in [2.75, 3.05) is 19.0 Å². The second-order valence-corrected chi connectivity index (χ2v) is 4.94. The molecule has 2 aromatic carbocycles. The normalized spacial score (nSPS) is 10.8. The minimum atomic E-state index is -0.232. The zero-order valence-electron chi connectivity index (χ0n) is 11.5. The molecule has 0 unspecified atom stereocenters. The lowest BCUT2D eigenvalue weighted by atomic mass is 10.1. The van der Waals surface area contributed by atoms with E-state index in [-0.39, 0.29) is 5.82 Å². The SMILES string of the molecule is CN(C)c1cccc2nc(-c3ccc(F)cc3)ccc12. The van der Waals surface area contributed by atoms with E-state index in [0.717, 1.165) is 27.8 Å². The highest BCUT2D eigenvalue weighted by Crippen LogP contribution is 2.27. The first-order valence-corrected chi connectivity index (χ1v) is 6.48. The summed E-state index contributed by atoms with van der Waals surface area (Å²) >= 11 is 0. The van der Waals surface area contributed by atoms with E-state index < -0.39 is 0 Å². The average Bonchev–Trinajstić information content (AvgIpc) is 2.46. The molecule has 0 atom stereocenters. The summed E-state index contributed by atoms with van der Waals surface area (Å²) in [5, 5.41) is 1.11. The number of rotatable bonds is 2. The molecule has 0 spiro atoms. The maximum absolute atomic E-state index is 13.0. The summed E-state index contributed by atoms with van der Waals surface area (Å²) in [5.74, 6) is -0.232. The van der Waals surface area contributed by atoms with Gasteiger partial charge in [0.1, 0.15) is 5.82 Å². The van der Waals surface area contributed by atoms with Crippen molar-refractivity contribution in [3.8, 4) is 11.3 Å². The molecule has 0 saturated carbocycles. The van der Waals surface area contributed by atoms with Gasteiger partial charge < -0.3 is 4.90 Å². The highest BCUT2D eigenvalue weighted by molar-refractivity contribution is 5.93. The van der Waals surface area contributed by atoms with Gasteiger partial charge in [-0.3, -0.25) is 0 Å². The van der Waals surface area contributed by atoms with E-state index in [0.29, 0.717) is 0 Å². The first-order valence-electron chi connectivity index (χ1n) is 6.48. The van der Waals surface area contributed by atoms with Crippen LogP contribution < -0.4 is 4.90 Å². The predicted octanol–water partition coefficient (Wildman–Crippen LogP) is 4.11. The van der Waals surface area contributed by atoms with Crippen molar-refractivity contribution in [2.24, 2.45) is 0 Å². The summed E-state index contributed by atoms with van der Waals surface area (Å²) < 4.78 is 13.0. The molecule has 2 nitrogen and oxygen atoms in total. The number of pyridine rings is 1. The van der Waals surface area contributed by atoms with Crippen LogP contribution >= 0.6 is 0 Å². The Morgan fingerprint density at radius 1 is 0.900 bits per heavy atom. The molecule has 3 aromatic rings. The predicted molar refractivity (Wildman–Crippen MR) is 81.5 cm³/mol. The topological polar surface area (TPSA) is 16.1 Å². The van der Waals surface area contributed by atoms with E-state index in [1.54, 1.807) is 12.1 Å². The van der Waals surface area contributed by atoms with Gasteiger partial charge in [-0.25, -0.2) is 9.37 Å². The van der Waals surface area contributed by atoms with E-state index in [1.807, 2.05) is 32.3 Å². The summed E-state index contributed by atoms with van der Waals surface area (Å²) in [6.07, 6.45) is 0. The third kappa shape index (κ3) is 2.23. The summed E-state index contributed by atoms with van der Waals surface area (Å²) in [4.78, 5) is 6.74. The maximum Gasteiger partial charge on any atom is 0.123 e. The Labute approximate surface area is 117 Å². The molecule has 0 aliphatic rings. The van der Waals surface area contributed by atoms with Gasteiger partial charge in [0, 0.05) is 30.7 Å². The van der Waals surface area contributed by atoms with Crippen molar-refractivity contribution in [2.45, 2.75) is 0 Å². The monoisotopic (exact) mass is 266 g/mol. The van der Waals surface area contributed by atoms with Gasteiger partial charge in [-0.2, -0.15) is 0 Å². The lowest BCUT2D eigenvalue weighted by Crippen LogP contribution is -2.09. The maximum atomic E-state index is 13.0. The van der Waals surface area contributed by atoms with Gasteiger partial charge in [0.05, 0.1) is 11.2 Å². The number of halogens is 1. The molecule has 0 aliphatic heterocycles. The van der Waals surface area contributed by atoms with Crippen LogP contribution in [0.3, 0.4) is 0 Å². The van der Waals surface area contributed by atoms with Crippen molar-refractivity contribution < 1.29 is 4.39 Å². The van der Waals surface area contributed by atoms with Gasteiger partial charge in [-0.05, 0) is 48.5 Å². The Morgan fingerprint density at radius 2 is 1.65 bits per heavy atom. The quantitative estimate of drug-likeness (QED) is 0.694. The molecule has 0 saturated heterocycles. The molecule has 0 aliphatic carbocycles. The number of aromatic nitrogens is 1. The van der Waals surface area contributed by atoms with Gasteiger partial charge in [0.15, 0.2) is 0 Å². The molecule has 0 bridgehead atoms. The van der Waals surface area contributed by atoms with Crippen LogP contribution in [0.1, 0.15) is 0 Å². The highest BCUT2D eigenvalue weighted by atomic mass is 19.1. The fourth-order valence-corrected chi connectivity index (χ4v) is 2.31. The lowest BCUT2D eigenvalue weighted by Gasteiger charge is -2.15. The van der Waals surface area contributed by atoms with Crippen LogP contribution in [0.5, 0.6) is 0 Å². The Balaban J connectivity index is 2.14. The fraction of sp³-hybridized carbons (Fsp3) is 0.118. The number of fused-ring (bicyclic) bond motifs is 1. The molecule has 0 radical (unpaired) electrons. The number of nitrogens with zero attached hydrogens (tertiary/aromatic N) is 2. The molecule has 0 fully saturated rings. The number of benzene rings is 2. The molecular formula is C17H15FN2. The van der Waals surface area contributed by atoms with Crippen molar-refractivity contribution in [3.63, 3.8) is 0 Å². The average molecular weight is 266 g/mol. The second-order valence-electron chi connectivity index (χ2n) is 4.94. The minimum Gasteiger partial charge on any atom is -0.377 e. The largest absolute Gasteiger partial charge is 0.377 e. The van der Waals surface area contributed by atoms with E-state index in [9.17, 15) is 4.39 Å². The van der Waals surface area contributed by atoms with Crippen molar-refractivity contribution in [1.82, 2.24) is 4.98 Å². The zero-order chi connectivity index (χ0) is 14.1. The number of hydrogen-bond acceptors (Lipinski definition) is 2. The molecule has 0 amide bonds. The highest BCUT2D eigenvalue weighted by Gasteiger charge is 2.06. The van der Waals surface area contributed by atoms with Crippen LogP contribution in [-0.4, -0.2) is 19.1 Å². The minimum absolute atomic E-state index is 0.232. The van der Waals surface area contributed by atoms with Gasteiger partial charge >= 0.3 is 0 Å². The molecule has 20 heavy (non-hydrogen) atoms. The van der Waals surface area contributed by atoms with Gasteiger partial charge in [0.25, 0.3) is 0 Å². The molecule has 1 aromatic heterocycles.